The molecule has 0 saturated heterocycles. The summed E-state index contributed by atoms with van der Waals surface area (Å²) < 4.78 is 34.4. The molecule has 0 aliphatic carbocycles. The molecule has 1 aromatic heterocycles. The van der Waals surface area contributed by atoms with Gasteiger partial charge in [-0.1, -0.05) is 56.1 Å². The van der Waals surface area contributed by atoms with Gasteiger partial charge in [0.2, 0.25) is 0 Å². The number of ether oxygens (including phenoxy) is 1. The zero-order valence-electron chi connectivity index (χ0n) is 20.1. The summed E-state index contributed by atoms with van der Waals surface area (Å²) in [5.41, 5.74) is 0.791. The van der Waals surface area contributed by atoms with Gasteiger partial charge in [-0.05, 0) is 54.6 Å². The number of rotatable bonds is 7. The summed E-state index contributed by atoms with van der Waals surface area (Å²) in [6.45, 7) is 6.06. The predicted octanol–water partition coefficient (Wildman–Crippen LogP) is 7.59. The van der Waals surface area contributed by atoms with Gasteiger partial charge in [0.1, 0.15) is 11.5 Å². The SMILES string of the molecule is CC(C)(C)c1csc(NC(=O)c2cc(Cl)ccc2NS(=O)(=O)c2ccc(Oc3ccccc3Cl)cc2)n1. The summed E-state index contributed by atoms with van der Waals surface area (Å²) in [6.07, 6.45) is 0. The van der Waals surface area contributed by atoms with E-state index >= 15 is 0 Å². The Hall–Kier alpha value is -3.11. The normalized spacial score (nSPS) is 11.7. The summed E-state index contributed by atoms with van der Waals surface area (Å²) in [5.74, 6) is 0.319. The standard InChI is InChI=1S/C26H23Cl2N3O4S2/c1-26(2,3)23-15-36-25(29-23)30-24(32)19-14-16(27)8-13-21(19)31-37(33,34)18-11-9-17(10-12-18)35-22-7-5-4-6-20(22)28/h4-15,31H,1-3H3,(H,29,30,32). The van der Waals surface area contributed by atoms with Gasteiger partial charge in [-0.15, -0.1) is 11.3 Å². The minimum atomic E-state index is -4.04. The van der Waals surface area contributed by atoms with E-state index in [1.807, 2.05) is 26.2 Å². The van der Waals surface area contributed by atoms with Gasteiger partial charge in [-0.2, -0.15) is 0 Å². The number of carbonyl (C=O) groups excluding carboxylic acids is 1. The second-order valence-electron chi connectivity index (χ2n) is 9.04. The fourth-order valence-electron chi connectivity index (χ4n) is 3.18. The highest BCUT2D eigenvalue weighted by Crippen LogP contribution is 2.31. The first kappa shape index (κ1) is 26.9. The third-order valence-corrected chi connectivity index (χ3v) is 7.85. The summed E-state index contributed by atoms with van der Waals surface area (Å²) >= 11 is 13.5. The lowest BCUT2D eigenvalue weighted by atomic mass is 9.93. The minimum absolute atomic E-state index is 0.0185. The van der Waals surface area contributed by atoms with Crippen LogP contribution in [0.1, 0.15) is 36.8 Å². The van der Waals surface area contributed by atoms with Crippen LogP contribution in [0.4, 0.5) is 10.8 Å². The van der Waals surface area contributed by atoms with Crippen LogP contribution < -0.4 is 14.8 Å². The molecular weight excluding hydrogens is 553 g/mol. The molecule has 4 aromatic rings. The molecule has 3 aromatic carbocycles. The van der Waals surface area contributed by atoms with Crippen molar-refractivity contribution in [3.63, 3.8) is 0 Å². The van der Waals surface area contributed by atoms with Crippen LogP contribution in [-0.4, -0.2) is 19.3 Å². The van der Waals surface area contributed by atoms with Crippen molar-refractivity contribution in [1.82, 2.24) is 4.98 Å². The molecule has 0 aliphatic rings. The molecule has 0 atom stereocenters. The van der Waals surface area contributed by atoms with Gasteiger partial charge in [0.25, 0.3) is 15.9 Å². The third-order valence-electron chi connectivity index (χ3n) is 5.16. The molecule has 7 nitrogen and oxygen atoms in total. The topological polar surface area (TPSA) is 97.4 Å². The van der Waals surface area contributed by atoms with Crippen LogP contribution in [0.15, 0.2) is 77.0 Å². The molecular formula is C26H23Cl2N3O4S2. The largest absolute Gasteiger partial charge is 0.456 e. The van der Waals surface area contributed by atoms with Crippen molar-refractivity contribution < 1.29 is 17.9 Å². The van der Waals surface area contributed by atoms with Crippen LogP contribution >= 0.6 is 34.5 Å². The molecule has 0 unspecified atom stereocenters. The zero-order valence-corrected chi connectivity index (χ0v) is 23.2. The first-order valence-electron chi connectivity index (χ1n) is 11.0. The van der Waals surface area contributed by atoms with Crippen molar-refractivity contribution in [1.29, 1.82) is 0 Å². The van der Waals surface area contributed by atoms with Gasteiger partial charge in [0.05, 0.1) is 26.9 Å². The lowest BCUT2D eigenvalue weighted by molar-refractivity contribution is 0.102. The van der Waals surface area contributed by atoms with Crippen molar-refractivity contribution in [3.05, 3.63) is 93.4 Å². The van der Waals surface area contributed by atoms with Crippen LogP contribution in [0.5, 0.6) is 11.5 Å². The number of nitrogens with one attached hydrogen (secondary N) is 2. The number of carbonyl (C=O) groups is 1. The maximum Gasteiger partial charge on any atom is 0.261 e. The zero-order chi connectivity index (χ0) is 26.8. The number of hydrogen-bond donors (Lipinski definition) is 2. The van der Waals surface area contributed by atoms with E-state index in [1.165, 1.54) is 53.8 Å². The molecule has 0 bridgehead atoms. The first-order chi connectivity index (χ1) is 17.4. The van der Waals surface area contributed by atoms with E-state index in [2.05, 4.69) is 15.0 Å². The summed E-state index contributed by atoms with van der Waals surface area (Å²) in [7, 11) is -4.04. The Kier molecular flexibility index (Phi) is 7.80. The van der Waals surface area contributed by atoms with E-state index in [1.54, 1.807) is 24.3 Å². The second kappa shape index (κ2) is 10.7. The Balaban J connectivity index is 1.54. The molecule has 1 amide bonds. The molecule has 192 valence electrons. The quantitative estimate of drug-likeness (QED) is 0.236. The summed E-state index contributed by atoms with van der Waals surface area (Å²) in [6, 6.07) is 17.1. The molecule has 0 aliphatic heterocycles. The first-order valence-corrected chi connectivity index (χ1v) is 14.2. The van der Waals surface area contributed by atoms with Crippen molar-refractivity contribution in [2.75, 3.05) is 10.0 Å². The molecule has 11 heteroatoms. The summed E-state index contributed by atoms with van der Waals surface area (Å²) in [5, 5.41) is 5.71. The second-order valence-corrected chi connectivity index (χ2v) is 12.4. The van der Waals surface area contributed by atoms with Gasteiger partial charge in [-0.3, -0.25) is 14.8 Å². The van der Waals surface area contributed by atoms with E-state index in [-0.39, 0.29) is 26.6 Å². The number of sulfonamides is 1. The minimum Gasteiger partial charge on any atom is -0.456 e. The molecule has 37 heavy (non-hydrogen) atoms. The van der Waals surface area contributed by atoms with Crippen molar-refractivity contribution in [2.24, 2.45) is 0 Å². The molecule has 0 radical (unpaired) electrons. The highest BCUT2D eigenvalue weighted by molar-refractivity contribution is 7.92. The number of aromatic nitrogens is 1. The number of halogens is 2. The lowest BCUT2D eigenvalue weighted by Gasteiger charge is -2.14. The van der Waals surface area contributed by atoms with Crippen LogP contribution in [0.2, 0.25) is 10.0 Å². The van der Waals surface area contributed by atoms with Crippen LogP contribution in [-0.2, 0) is 15.4 Å². The number of hydrogen-bond acceptors (Lipinski definition) is 6. The molecule has 2 N–H and O–H groups in total. The average molecular weight is 577 g/mol. The van der Waals surface area contributed by atoms with E-state index in [9.17, 15) is 13.2 Å². The number of benzene rings is 3. The van der Waals surface area contributed by atoms with Crippen molar-refractivity contribution >= 4 is 61.3 Å². The molecule has 0 fully saturated rings. The van der Waals surface area contributed by atoms with Crippen LogP contribution in [0, 0.1) is 0 Å². The van der Waals surface area contributed by atoms with Crippen LogP contribution in [0.25, 0.3) is 0 Å². The molecule has 0 saturated carbocycles. The lowest BCUT2D eigenvalue weighted by Crippen LogP contribution is -2.19. The summed E-state index contributed by atoms with van der Waals surface area (Å²) in [4.78, 5) is 17.5. The number of anilines is 2. The van der Waals surface area contributed by atoms with E-state index < -0.39 is 15.9 Å². The van der Waals surface area contributed by atoms with Crippen LogP contribution in [0.3, 0.4) is 0 Å². The monoisotopic (exact) mass is 575 g/mol. The van der Waals surface area contributed by atoms with Gasteiger partial charge < -0.3 is 4.74 Å². The fraction of sp³-hybridized carbons (Fsp3) is 0.154. The fourth-order valence-corrected chi connectivity index (χ4v) is 5.54. The van der Waals surface area contributed by atoms with Gasteiger partial charge >= 0.3 is 0 Å². The highest BCUT2D eigenvalue weighted by atomic mass is 35.5. The van der Waals surface area contributed by atoms with E-state index in [0.29, 0.717) is 21.7 Å². The van der Waals surface area contributed by atoms with E-state index in [4.69, 9.17) is 27.9 Å². The van der Waals surface area contributed by atoms with Gasteiger partial charge in [-0.25, -0.2) is 13.4 Å². The Bertz CT molecular complexity index is 1550. The number of thiazole rings is 1. The Morgan fingerprint density at radius 2 is 1.70 bits per heavy atom. The maximum absolute atomic E-state index is 13.1. The number of nitrogens with zero attached hydrogens (tertiary/aromatic N) is 1. The smallest absolute Gasteiger partial charge is 0.261 e. The van der Waals surface area contributed by atoms with E-state index in [0.717, 1.165) is 5.69 Å². The molecule has 1 heterocycles. The maximum atomic E-state index is 13.1. The van der Waals surface area contributed by atoms with Crippen molar-refractivity contribution in [2.45, 2.75) is 31.1 Å². The predicted molar refractivity (Wildman–Crippen MR) is 149 cm³/mol. The van der Waals surface area contributed by atoms with Crippen molar-refractivity contribution in [3.8, 4) is 11.5 Å². The highest BCUT2D eigenvalue weighted by Gasteiger charge is 2.22. The molecule has 4 rings (SSSR count). The Morgan fingerprint density at radius 3 is 2.35 bits per heavy atom. The van der Waals surface area contributed by atoms with Gasteiger partial charge in [0.15, 0.2) is 5.13 Å². The Labute approximate surface area is 229 Å². The van der Waals surface area contributed by atoms with Gasteiger partial charge in [0, 0.05) is 15.8 Å². The number of para-hydroxylation sites is 1. The molecule has 0 spiro atoms. The average Bonchev–Trinajstić information content (AvgIpc) is 3.31. The number of amides is 1. The Morgan fingerprint density at radius 1 is 1.00 bits per heavy atom. The third kappa shape index (κ3) is 6.61.